The molecule has 0 saturated heterocycles. The third kappa shape index (κ3) is 3.65. The van der Waals surface area contributed by atoms with Crippen LogP contribution in [0.15, 0.2) is 12.0 Å². The van der Waals surface area contributed by atoms with E-state index in [0.29, 0.717) is 19.6 Å². The van der Waals surface area contributed by atoms with Crippen molar-refractivity contribution in [3.63, 3.8) is 0 Å². The van der Waals surface area contributed by atoms with Crippen molar-refractivity contribution in [3.05, 3.63) is 12.0 Å². The van der Waals surface area contributed by atoms with E-state index in [1.54, 1.807) is 6.92 Å². The lowest BCUT2D eigenvalue weighted by Gasteiger charge is -2.21. The predicted octanol–water partition coefficient (Wildman–Crippen LogP) is 0.490. The topological polar surface area (TPSA) is 84.9 Å². The van der Waals surface area contributed by atoms with Crippen LogP contribution in [0.2, 0.25) is 0 Å². The summed E-state index contributed by atoms with van der Waals surface area (Å²) in [6, 6.07) is -0.918. The Morgan fingerprint density at radius 2 is 2.24 bits per heavy atom. The van der Waals surface area contributed by atoms with Gasteiger partial charge in [0.1, 0.15) is 25.5 Å². The highest BCUT2D eigenvalue weighted by Crippen LogP contribution is 2.10. The number of carboxylic acid groups (broad SMARTS) is 1. The fourth-order valence-corrected chi connectivity index (χ4v) is 1.38. The lowest BCUT2D eigenvalue weighted by atomic mass is 9.99. The fraction of sp³-hybridized carbons (Fsp3) is 0.636. The summed E-state index contributed by atoms with van der Waals surface area (Å²) in [5.41, 5.74) is 0. The van der Waals surface area contributed by atoms with Crippen molar-refractivity contribution in [1.82, 2.24) is 5.32 Å². The monoisotopic (exact) mass is 243 g/mol. The normalized spacial score (nSPS) is 18.1. The van der Waals surface area contributed by atoms with Crippen LogP contribution < -0.4 is 5.32 Å². The van der Waals surface area contributed by atoms with Gasteiger partial charge in [-0.3, -0.25) is 4.79 Å². The number of carbonyl (C=O) groups excluding carboxylic acids is 1. The molecule has 1 unspecified atom stereocenters. The van der Waals surface area contributed by atoms with Crippen LogP contribution in [-0.4, -0.2) is 36.2 Å². The predicted molar refractivity (Wildman–Crippen MR) is 59.0 cm³/mol. The van der Waals surface area contributed by atoms with Crippen LogP contribution in [-0.2, 0) is 19.1 Å². The van der Waals surface area contributed by atoms with Gasteiger partial charge in [0.2, 0.25) is 5.76 Å². The van der Waals surface area contributed by atoms with E-state index in [2.05, 4.69) is 5.32 Å². The maximum absolute atomic E-state index is 11.7. The average Bonchev–Trinajstić information content (AvgIpc) is 2.35. The summed E-state index contributed by atoms with van der Waals surface area (Å²) in [4.78, 5) is 22.7. The van der Waals surface area contributed by atoms with Crippen LogP contribution in [0, 0.1) is 5.92 Å². The molecule has 0 aliphatic carbocycles. The highest BCUT2D eigenvalue weighted by atomic mass is 16.6. The molecule has 0 fully saturated rings. The average molecular weight is 243 g/mol. The van der Waals surface area contributed by atoms with Gasteiger partial charge in [-0.1, -0.05) is 20.3 Å². The maximum Gasteiger partial charge on any atom is 0.326 e. The molecule has 6 heteroatoms. The molecule has 17 heavy (non-hydrogen) atoms. The molecule has 96 valence electrons. The van der Waals surface area contributed by atoms with Gasteiger partial charge in [0.25, 0.3) is 5.91 Å². The minimum atomic E-state index is -1.05. The van der Waals surface area contributed by atoms with Crippen molar-refractivity contribution < 1.29 is 24.2 Å². The second kappa shape index (κ2) is 6.12. The van der Waals surface area contributed by atoms with Gasteiger partial charge in [-0.25, -0.2) is 4.79 Å². The first-order valence-corrected chi connectivity index (χ1v) is 5.54. The molecule has 1 amide bonds. The Hall–Kier alpha value is -1.72. The number of nitrogens with one attached hydrogen (secondary N) is 1. The van der Waals surface area contributed by atoms with E-state index in [4.69, 9.17) is 14.6 Å². The van der Waals surface area contributed by atoms with Crippen LogP contribution in [0.4, 0.5) is 0 Å². The first-order valence-electron chi connectivity index (χ1n) is 5.54. The van der Waals surface area contributed by atoms with Crippen molar-refractivity contribution in [1.29, 1.82) is 0 Å². The zero-order chi connectivity index (χ0) is 12.8. The molecule has 1 aliphatic heterocycles. The van der Waals surface area contributed by atoms with Crippen molar-refractivity contribution in [2.24, 2.45) is 5.92 Å². The van der Waals surface area contributed by atoms with E-state index >= 15 is 0 Å². The molecule has 0 bridgehead atoms. The Bertz CT molecular complexity index is 326. The third-order valence-electron chi connectivity index (χ3n) is 2.64. The molecule has 0 radical (unpaired) electrons. The summed E-state index contributed by atoms with van der Waals surface area (Å²) >= 11 is 0. The van der Waals surface area contributed by atoms with Crippen molar-refractivity contribution in [3.8, 4) is 0 Å². The Kier molecular flexibility index (Phi) is 4.81. The summed E-state index contributed by atoms with van der Waals surface area (Å²) in [6.07, 6.45) is 1.86. The number of rotatable bonds is 5. The summed E-state index contributed by atoms with van der Waals surface area (Å²) in [5, 5.41) is 11.4. The molecular formula is C11H17NO5. The zero-order valence-electron chi connectivity index (χ0n) is 9.93. The van der Waals surface area contributed by atoms with E-state index in [0.717, 1.165) is 0 Å². The Morgan fingerprint density at radius 3 is 2.71 bits per heavy atom. The molecule has 0 aromatic rings. The molecular weight excluding hydrogens is 226 g/mol. The standard InChI is InChI=1S/C11H17NO5/c1-3-7(2)9(11(14)15)12-10(13)8-6-16-4-5-17-8/h6-7,9H,3-5H2,1-2H3,(H,12,13)(H,14,15)/t7?,9-/m0/s1. The molecule has 1 rings (SSSR count). The summed E-state index contributed by atoms with van der Waals surface area (Å²) < 4.78 is 10.0. The van der Waals surface area contributed by atoms with Gasteiger partial charge in [0.15, 0.2) is 0 Å². The minimum absolute atomic E-state index is 0.0193. The number of hydrogen-bond acceptors (Lipinski definition) is 4. The van der Waals surface area contributed by atoms with Gasteiger partial charge in [0, 0.05) is 0 Å². The number of aliphatic carboxylic acids is 1. The van der Waals surface area contributed by atoms with Gasteiger partial charge in [-0.05, 0) is 5.92 Å². The van der Waals surface area contributed by atoms with Gasteiger partial charge in [0.05, 0.1) is 0 Å². The SMILES string of the molecule is CCC(C)[C@H](NC(=O)C1=COCCO1)C(=O)O. The second-order valence-corrected chi connectivity index (χ2v) is 3.88. The van der Waals surface area contributed by atoms with Gasteiger partial charge in [-0.2, -0.15) is 0 Å². The van der Waals surface area contributed by atoms with Crippen molar-refractivity contribution >= 4 is 11.9 Å². The van der Waals surface area contributed by atoms with Crippen LogP contribution in [0.25, 0.3) is 0 Å². The van der Waals surface area contributed by atoms with Crippen LogP contribution in [0.1, 0.15) is 20.3 Å². The lowest BCUT2D eigenvalue weighted by molar-refractivity contribution is -0.143. The maximum atomic E-state index is 11.7. The zero-order valence-corrected chi connectivity index (χ0v) is 9.93. The van der Waals surface area contributed by atoms with Gasteiger partial charge in [-0.15, -0.1) is 0 Å². The van der Waals surface area contributed by atoms with Crippen molar-refractivity contribution in [2.45, 2.75) is 26.3 Å². The smallest absolute Gasteiger partial charge is 0.326 e. The summed E-state index contributed by atoms with van der Waals surface area (Å²) in [7, 11) is 0. The fourth-order valence-electron chi connectivity index (χ4n) is 1.38. The van der Waals surface area contributed by atoms with E-state index in [9.17, 15) is 9.59 Å². The van der Waals surface area contributed by atoms with Crippen LogP contribution in [0.3, 0.4) is 0 Å². The highest BCUT2D eigenvalue weighted by Gasteiger charge is 2.27. The molecule has 1 aliphatic rings. The number of amides is 1. The summed E-state index contributed by atoms with van der Waals surface area (Å²) in [6.45, 7) is 4.32. The molecule has 0 aromatic heterocycles. The molecule has 6 nitrogen and oxygen atoms in total. The first-order chi connectivity index (χ1) is 8.06. The molecule has 0 saturated carbocycles. The van der Waals surface area contributed by atoms with E-state index in [1.807, 2.05) is 6.92 Å². The molecule has 0 spiro atoms. The largest absolute Gasteiger partial charge is 0.494 e. The number of ether oxygens (including phenoxy) is 2. The third-order valence-corrected chi connectivity index (χ3v) is 2.64. The Labute approximate surface area is 99.6 Å². The number of carboxylic acids is 1. The van der Waals surface area contributed by atoms with E-state index < -0.39 is 17.9 Å². The number of carbonyl (C=O) groups is 2. The number of hydrogen-bond donors (Lipinski definition) is 2. The second-order valence-electron chi connectivity index (χ2n) is 3.88. The summed E-state index contributed by atoms with van der Waals surface area (Å²) in [5.74, 6) is -1.74. The van der Waals surface area contributed by atoms with Crippen LogP contribution >= 0.6 is 0 Å². The van der Waals surface area contributed by atoms with Crippen LogP contribution in [0.5, 0.6) is 0 Å². The van der Waals surface area contributed by atoms with E-state index in [-0.39, 0.29) is 11.7 Å². The van der Waals surface area contributed by atoms with E-state index in [1.165, 1.54) is 6.26 Å². The minimum Gasteiger partial charge on any atom is -0.494 e. The van der Waals surface area contributed by atoms with Crippen molar-refractivity contribution in [2.75, 3.05) is 13.2 Å². The van der Waals surface area contributed by atoms with Gasteiger partial charge >= 0.3 is 5.97 Å². The molecule has 2 N–H and O–H groups in total. The quantitative estimate of drug-likeness (QED) is 0.734. The molecule has 1 heterocycles. The highest BCUT2D eigenvalue weighted by molar-refractivity contribution is 5.94. The first kappa shape index (κ1) is 13.3. The van der Waals surface area contributed by atoms with Gasteiger partial charge < -0.3 is 19.9 Å². The molecule has 2 atom stereocenters. The lowest BCUT2D eigenvalue weighted by Crippen LogP contribution is -2.46. The Morgan fingerprint density at radius 1 is 1.53 bits per heavy atom. The molecule has 0 aromatic carbocycles. The Balaban J connectivity index is 2.63.